The average Bonchev–Trinajstić information content (AvgIpc) is 2.93. The van der Waals surface area contributed by atoms with E-state index in [1.54, 1.807) is 4.68 Å². The van der Waals surface area contributed by atoms with E-state index in [9.17, 15) is 0 Å². The number of tetrazole rings is 1. The van der Waals surface area contributed by atoms with Gasteiger partial charge >= 0.3 is 7.12 Å². The SMILES string of the molecule is CC1=CC(B2OC(C)(C)C(C)(C)O2)=CC=C(c2nnnn2C)C1C. The molecule has 0 aromatic carbocycles. The molecule has 1 fully saturated rings. The van der Waals surface area contributed by atoms with Crippen LogP contribution in [0.5, 0.6) is 0 Å². The number of aromatic nitrogens is 4. The summed E-state index contributed by atoms with van der Waals surface area (Å²) < 4.78 is 14.1. The van der Waals surface area contributed by atoms with Crippen molar-refractivity contribution < 1.29 is 9.31 Å². The molecule has 1 aromatic heterocycles. The first-order valence-electron chi connectivity index (χ1n) is 8.31. The largest absolute Gasteiger partial charge is 0.494 e. The van der Waals surface area contributed by atoms with Gasteiger partial charge in [-0.3, -0.25) is 0 Å². The van der Waals surface area contributed by atoms with Crippen molar-refractivity contribution in [1.82, 2.24) is 20.2 Å². The van der Waals surface area contributed by atoms with Gasteiger partial charge in [-0.05, 0) is 50.5 Å². The molecule has 0 amide bonds. The summed E-state index contributed by atoms with van der Waals surface area (Å²) in [4.78, 5) is 0. The van der Waals surface area contributed by atoms with Crippen molar-refractivity contribution in [3.8, 4) is 0 Å². The maximum Gasteiger partial charge on any atom is 0.494 e. The lowest BCUT2D eigenvalue weighted by molar-refractivity contribution is 0.00578. The van der Waals surface area contributed by atoms with E-state index in [0.29, 0.717) is 0 Å². The maximum atomic E-state index is 6.18. The Bertz CT molecular complexity index is 730. The van der Waals surface area contributed by atoms with Gasteiger partial charge in [0.25, 0.3) is 0 Å². The van der Waals surface area contributed by atoms with Gasteiger partial charge in [0, 0.05) is 18.5 Å². The Morgan fingerprint density at radius 1 is 1.12 bits per heavy atom. The van der Waals surface area contributed by atoms with Crippen molar-refractivity contribution in [2.45, 2.75) is 52.7 Å². The summed E-state index contributed by atoms with van der Waals surface area (Å²) in [5.74, 6) is 0.993. The zero-order valence-corrected chi connectivity index (χ0v) is 15.5. The van der Waals surface area contributed by atoms with Crippen LogP contribution in [0.1, 0.15) is 47.4 Å². The zero-order chi connectivity index (χ0) is 17.7. The van der Waals surface area contributed by atoms with E-state index in [1.807, 2.05) is 7.05 Å². The van der Waals surface area contributed by atoms with Crippen LogP contribution in [-0.2, 0) is 16.4 Å². The topological polar surface area (TPSA) is 62.1 Å². The molecule has 1 aromatic rings. The van der Waals surface area contributed by atoms with Crippen molar-refractivity contribution in [2.24, 2.45) is 13.0 Å². The van der Waals surface area contributed by atoms with E-state index < -0.39 is 0 Å². The quantitative estimate of drug-likeness (QED) is 0.781. The molecule has 1 atom stereocenters. The summed E-state index contributed by atoms with van der Waals surface area (Å²) in [5, 5.41) is 11.8. The predicted molar refractivity (Wildman–Crippen MR) is 93.9 cm³/mol. The van der Waals surface area contributed by atoms with E-state index in [2.05, 4.69) is 75.3 Å². The number of hydrogen-bond acceptors (Lipinski definition) is 5. The molecular formula is C17H25BN4O2. The third-order valence-electron chi connectivity index (χ3n) is 5.40. The Labute approximate surface area is 143 Å². The van der Waals surface area contributed by atoms with E-state index in [-0.39, 0.29) is 24.2 Å². The fraction of sp³-hybridized carbons (Fsp3) is 0.588. The van der Waals surface area contributed by atoms with Crippen LogP contribution >= 0.6 is 0 Å². The molecule has 0 bridgehead atoms. The molecule has 1 aliphatic heterocycles. The van der Waals surface area contributed by atoms with Crippen molar-refractivity contribution in [1.29, 1.82) is 0 Å². The Hall–Kier alpha value is -1.73. The van der Waals surface area contributed by atoms with Crippen LogP contribution in [0.25, 0.3) is 5.57 Å². The zero-order valence-electron chi connectivity index (χ0n) is 15.5. The number of nitrogens with zero attached hydrogens (tertiary/aromatic N) is 4. The highest BCUT2D eigenvalue weighted by Gasteiger charge is 2.52. The van der Waals surface area contributed by atoms with Gasteiger partial charge in [0.05, 0.1) is 11.2 Å². The van der Waals surface area contributed by atoms with Gasteiger partial charge < -0.3 is 9.31 Å². The summed E-state index contributed by atoms with van der Waals surface area (Å²) in [6, 6.07) is 0. The molecule has 0 saturated carbocycles. The van der Waals surface area contributed by atoms with Crippen LogP contribution in [-0.4, -0.2) is 38.5 Å². The molecule has 2 aliphatic rings. The fourth-order valence-corrected chi connectivity index (χ4v) is 2.88. The van der Waals surface area contributed by atoms with Gasteiger partial charge in [0.2, 0.25) is 0 Å². The standard InChI is InChI=1S/C17H25BN4O2/c1-11-10-13(18-23-16(3,4)17(5,6)24-18)8-9-14(12(11)2)15-19-20-21-22(15)7/h8-10,12H,1-7H3. The first kappa shape index (κ1) is 17.1. The van der Waals surface area contributed by atoms with Gasteiger partial charge in [-0.15, -0.1) is 5.10 Å². The highest BCUT2D eigenvalue weighted by molar-refractivity contribution is 6.55. The summed E-state index contributed by atoms with van der Waals surface area (Å²) >= 11 is 0. The van der Waals surface area contributed by atoms with E-state index >= 15 is 0 Å². The molecule has 3 rings (SSSR count). The normalized spacial score (nSPS) is 25.9. The second-order valence-corrected chi connectivity index (χ2v) is 7.61. The lowest BCUT2D eigenvalue weighted by Gasteiger charge is -2.32. The summed E-state index contributed by atoms with van der Waals surface area (Å²) in [7, 11) is 1.48. The first-order chi connectivity index (χ1) is 11.1. The number of allylic oxidation sites excluding steroid dienone is 6. The number of aryl methyl sites for hydroxylation is 1. The minimum absolute atomic E-state index is 0.214. The molecule has 128 valence electrons. The molecule has 0 spiro atoms. The van der Waals surface area contributed by atoms with Gasteiger partial charge in [0.1, 0.15) is 0 Å². The lowest BCUT2D eigenvalue weighted by Crippen LogP contribution is -2.41. The van der Waals surface area contributed by atoms with E-state index in [4.69, 9.17) is 9.31 Å². The van der Waals surface area contributed by atoms with Crippen LogP contribution in [0.3, 0.4) is 0 Å². The maximum absolute atomic E-state index is 6.18. The third-order valence-corrected chi connectivity index (χ3v) is 5.40. The summed E-state index contributed by atoms with van der Waals surface area (Å²) in [5.41, 5.74) is 2.63. The molecular weight excluding hydrogens is 303 g/mol. The smallest absolute Gasteiger partial charge is 0.399 e. The van der Waals surface area contributed by atoms with Crippen LogP contribution in [0.2, 0.25) is 0 Å². The minimum atomic E-state index is -0.370. The minimum Gasteiger partial charge on any atom is -0.399 e. The number of hydrogen-bond donors (Lipinski definition) is 0. The van der Waals surface area contributed by atoms with Gasteiger partial charge in [-0.2, -0.15) is 0 Å². The Kier molecular flexibility index (Phi) is 4.04. The second kappa shape index (κ2) is 5.67. The van der Waals surface area contributed by atoms with E-state index in [1.165, 1.54) is 5.57 Å². The van der Waals surface area contributed by atoms with E-state index in [0.717, 1.165) is 16.9 Å². The molecule has 0 N–H and O–H groups in total. The monoisotopic (exact) mass is 328 g/mol. The highest BCUT2D eigenvalue weighted by Crippen LogP contribution is 2.40. The van der Waals surface area contributed by atoms with Gasteiger partial charge in [-0.1, -0.05) is 30.7 Å². The molecule has 6 nitrogen and oxygen atoms in total. The molecule has 1 unspecified atom stereocenters. The van der Waals surface area contributed by atoms with Crippen LogP contribution in [0.4, 0.5) is 0 Å². The van der Waals surface area contributed by atoms with Crippen molar-refractivity contribution in [3.63, 3.8) is 0 Å². The predicted octanol–water partition coefficient (Wildman–Crippen LogP) is 2.75. The Balaban J connectivity index is 1.98. The Morgan fingerprint density at radius 2 is 1.75 bits per heavy atom. The molecule has 0 radical (unpaired) electrons. The number of rotatable bonds is 2. The van der Waals surface area contributed by atoms with Gasteiger partial charge in [0.15, 0.2) is 5.82 Å². The molecule has 7 heteroatoms. The van der Waals surface area contributed by atoms with Crippen LogP contribution in [0.15, 0.2) is 29.3 Å². The lowest BCUT2D eigenvalue weighted by atomic mass is 9.77. The molecule has 24 heavy (non-hydrogen) atoms. The first-order valence-corrected chi connectivity index (χ1v) is 8.31. The van der Waals surface area contributed by atoms with Crippen LogP contribution in [0, 0.1) is 5.92 Å². The molecule has 2 heterocycles. The summed E-state index contributed by atoms with van der Waals surface area (Å²) in [6.07, 6.45) is 6.28. The van der Waals surface area contributed by atoms with Crippen molar-refractivity contribution >= 4 is 12.7 Å². The average molecular weight is 328 g/mol. The van der Waals surface area contributed by atoms with Gasteiger partial charge in [-0.25, -0.2) is 4.68 Å². The van der Waals surface area contributed by atoms with Crippen LogP contribution < -0.4 is 0 Å². The summed E-state index contributed by atoms with van der Waals surface area (Å²) in [6.45, 7) is 12.5. The highest BCUT2D eigenvalue weighted by atomic mass is 16.7. The fourth-order valence-electron chi connectivity index (χ4n) is 2.88. The second-order valence-electron chi connectivity index (χ2n) is 7.61. The molecule has 1 aliphatic carbocycles. The molecule has 1 saturated heterocycles. The van der Waals surface area contributed by atoms with Crippen molar-refractivity contribution in [3.05, 3.63) is 35.1 Å². The Morgan fingerprint density at radius 3 is 2.29 bits per heavy atom. The third kappa shape index (κ3) is 2.76. The van der Waals surface area contributed by atoms with Crippen molar-refractivity contribution in [2.75, 3.05) is 0 Å².